The van der Waals surface area contributed by atoms with Gasteiger partial charge in [-0.1, -0.05) is 24.3 Å². The Morgan fingerprint density at radius 2 is 1.82 bits per heavy atom. The Balaban J connectivity index is 2.00. The number of aliphatic hydroxyl groups excluding tert-OH is 1. The highest BCUT2D eigenvalue weighted by Crippen LogP contribution is 2.14. The molecule has 0 spiro atoms. The molecule has 0 saturated carbocycles. The van der Waals surface area contributed by atoms with Crippen LogP contribution < -0.4 is 11.1 Å². The molecule has 1 aromatic carbocycles. The zero-order valence-electron chi connectivity index (χ0n) is 9.43. The van der Waals surface area contributed by atoms with E-state index in [1.165, 1.54) is 0 Å². The van der Waals surface area contributed by atoms with E-state index in [2.05, 4.69) is 10.3 Å². The largest absolute Gasteiger partial charge is 0.396 e. The van der Waals surface area contributed by atoms with E-state index in [4.69, 9.17) is 10.8 Å². The molecule has 0 aliphatic rings. The number of nitrogens with two attached hydrogens (primary N) is 1. The number of hydrogen-bond donors (Lipinski definition) is 3. The fourth-order valence-electron chi connectivity index (χ4n) is 1.51. The molecule has 0 amide bonds. The molecule has 0 radical (unpaired) electrons. The van der Waals surface area contributed by atoms with E-state index in [1.807, 2.05) is 30.3 Å². The van der Waals surface area contributed by atoms with E-state index >= 15 is 0 Å². The van der Waals surface area contributed by atoms with Gasteiger partial charge in [-0.05, 0) is 23.3 Å². The van der Waals surface area contributed by atoms with Crippen molar-refractivity contribution in [3.63, 3.8) is 0 Å². The number of rotatable bonds is 4. The van der Waals surface area contributed by atoms with Crippen LogP contribution in [0.1, 0.15) is 11.1 Å². The summed E-state index contributed by atoms with van der Waals surface area (Å²) < 4.78 is 0. The normalized spacial score (nSPS) is 10.2. The molecule has 2 aromatic rings. The second-order valence-electron chi connectivity index (χ2n) is 3.77. The molecule has 0 aliphatic heterocycles. The standard InChI is InChI=1S/C13H15N3O/c14-12-2-1-7-15-13(12)16-8-10-3-5-11(9-17)6-4-10/h1-7,17H,8-9,14H2,(H,15,16). The van der Waals surface area contributed by atoms with E-state index in [-0.39, 0.29) is 6.61 Å². The van der Waals surface area contributed by atoms with Crippen molar-refractivity contribution < 1.29 is 5.11 Å². The third-order valence-electron chi connectivity index (χ3n) is 2.50. The monoisotopic (exact) mass is 229 g/mol. The zero-order chi connectivity index (χ0) is 12.1. The van der Waals surface area contributed by atoms with Gasteiger partial charge in [-0.2, -0.15) is 0 Å². The number of pyridine rings is 1. The summed E-state index contributed by atoms with van der Waals surface area (Å²) in [4.78, 5) is 4.15. The van der Waals surface area contributed by atoms with E-state index < -0.39 is 0 Å². The smallest absolute Gasteiger partial charge is 0.149 e. The van der Waals surface area contributed by atoms with Gasteiger partial charge in [-0.3, -0.25) is 0 Å². The van der Waals surface area contributed by atoms with Crippen LogP contribution in [-0.2, 0) is 13.2 Å². The lowest BCUT2D eigenvalue weighted by Crippen LogP contribution is -2.04. The van der Waals surface area contributed by atoms with Crippen LogP contribution in [-0.4, -0.2) is 10.1 Å². The second-order valence-corrected chi connectivity index (χ2v) is 3.77. The predicted octanol–water partition coefficient (Wildman–Crippen LogP) is 1.77. The van der Waals surface area contributed by atoms with Gasteiger partial charge < -0.3 is 16.2 Å². The van der Waals surface area contributed by atoms with Gasteiger partial charge in [0.25, 0.3) is 0 Å². The average molecular weight is 229 g/mol. The van der Waals surface area contributed by atoms with Gasteiger partial charge in [0, 0.05) is 12.7 Å². The Morgan fingerprint density at radius 1 is 1.12 bits per heavy atom. The Morgan fingerprint density at radius 3 is 2.47 bits per heavy atom. The fraction of sp³-hybridized carbons (Fsp3) is 0.154. The van der Waals surface area contributed by atoms with Gasteiger partial charge in [0.15, 0.2) is 0 Å². The number of anilines is 2. The van der Waals surface area contributed by atoms with Crippen molar-refractivity contribution in [3.8, 4) is 0 Å². The number of hydrogen-bond acceptors (Lipinski definition) is 4. The highest BCUT2D eigenvalue weighted by Gasteiger charge is 1.99. The second kappa shape index (κ2) is 5.32. The van der Waals surface area contributed by atoms with Crippen molar-refractivity contribution >= 4 is 11.5 Å². The van der Waals surface area contributed by atoms with Gasteiger partial charge in [0.2, 0.25) is 0 Å². The van der Waals surface area contributed by atoms with Crippen molar-refractivity contribution in [1.82, 2.24) is 4.98 Å². The lowest BCUT2D eigenvalue weighted by atomic mass is 10.1. The maximum absolute atomic E-state index is 8.93. The van der Waals surface area contributed by atoms with Crippen LogP contribution in [0.15, 0.2) is 42.6 Å². The number of nitrogen functional groups attached to an aromatic ring is 1. The third kappa shape index (κ3) is 2.95. The van der Waals surface area contributed by atoms with Crippen LogP contribution >= 0.6 is 0 Å². The van der Waals surface area contributed by atoms with Crippen LogP contribution in [0.4, 0.5) is 11.5 Å². The van der Waals surface area contributed by atoms with Crippen LogP contribution in [0.5, 0.6) is 0 Å². The lowest BCUT2D eigenvalue weighted by Gasteiger charge is -2.08. The molecule has 0 bridgehead atoms. The van der Waals surface area contributed by atoms with Crippen molar-refractivity contribution in [2.24, 2.45) is 0 Å². The Labute approximate surface area is 100 Å². The van der Waals surface area contributed by atoms with E-state index in [9.17, 15) is 0 Å². The minimum Gasteiger partial charge on any atom is -0.396 e. The summed E-state index contributed by atoms with van der Waals surface area (Å²) in [5.74, 6) is 0.693. The van der Waals surface area contributed by atoms with Gasteiger partial charge in [-0.15, -0.1) is 0 Å². The first-order valence-electron chi connectivity index (χ1n) is 5.42. The zero-order valence-corrected chi connectivity index (χ0v) is 9.43. The van der Waals surface area contributed by atoms with Gasteiger partial charge >= 0.3 is 0 Å². The highest BCUT2D eigenvalue weighted by molar-refractivity contribution is 5.60. The fourth-order valence-corrected chi connectivity index (χ4v) is 1.51. The minimum atomic E-state index is 0.0703. The van der Waals surface area contributed by atoms with Crippen LogP contribution in [0.3, 0.4) is 0 Å². The number of nitrogens with zero attached hydrogens (tertiary/aromatic N) is 1. The van der Waals surface area contributed by atoms with E-state index in [0.717, 1.165) is 11.1 Å². The molecular weight excluding hydrogens is 214 g/mol. The Hall–Kier alpha value is -2.07. The molecular formula is C13H15N3O. The van der Waals surface area contributed by atoms with Crippen molar-refractivity contribution in [3.05, 3.63) is 53.7 Å². The molecule has 2 rings (SSSR count). The summed E-state index contributed by atoms with van der Waals surface area (Å²) in [6.07, 6.45) is 1.70. The molecule has 0 saturated heterocycles. The molecule has 0 unspecified atom stereocenters. The first kappa shape index (κ1) is 11.4. The predicted molar refractivity (Wildman–Crippen MR) is 68.3 cm³/mol. The summed E-state index contributed by atoms with van der Waals surface area (Å²) in [6, 6.07) is 11.4. The molecule has 4 N–H and O–H groups in total. The summed E-state index contributed by atoms with van der Waals surface area (Å²) in [6.45, 7) is 0.730. The van der Waals surface area contributed by atoms with Crippen LogP contribution in [0, 0.1) is 0 Å². The highest BCUT2D eigenvalue weighted by atomic mass is 16.3. The summed E-state index contributed by atoms with van der Waals surface area (Å²) >= 11 is 0. The average Bonchev–Trinajstić information content (AvgIpc) is 2.38. The third-order valence-corrected chi connectivity index (χ3v) is 2.50. The molecule has 1 aromatic heterocycles. The maximum atomic E-state index is 8.93. The number of aromatic nitrogens is 1. The van der Waals surface area contributed by atoms with E-state index in [0.29, 0.717) is 18.1 Å². The quantitative estimate of drug-likeness (QED) is 0.747. The Kier molecular flexibility index (Phi) is 3.57. The van der Waals surface area contributed by atoms with Crippen LogP contribution in [0.2, 0.25) is 0 Å². The maximum Gasteiger partial charge on any atom is 0.149 e. The molecule has 17 heavy (non-hydrogen) atoms. The van der Waals surface area contributed by atoms with Crippen LogP contribution in [0.25, 0.3) is 0 Å². The number of benzene rings is 1. The van der Waals surface area contributed by atoms with Crippen molar-refractivity contribution in [2.45, 2.75) is 13.2 Å². The SMILES string of the molecule is Nc1cccnc1NCc1ccc(CO)cc1. The van der Waals surface area contributed by atoms with Crippen molar-refractivity contribution in [1.29, 1.82) is 0 Å². The number of aliphatic hydroxyl groups is 1. The molecule has 4 nitrogen and oxygen atoms in total. The minimum absolute atomic E-state index is 0.0703. The molecule has 0 atom stereocenters. The summed E-state index contributed by atoms with van der Waals surface area (Å²) in [7, 11) is 0. The van der Waals surface area contributed by atoms with Gasteiger partial charge in [0.05, 0.1) is 12.3 Å². The number of nitrogens with one attached hydrogen (secondary N) is 1. The Bertz CT molecular complexity index is 482. The molecule has 1 heterocycles. The van der Waals surface area contributed by atoms with E-state index in [1.54, 1.807) is 12.3 Å². The summed E-state index contributed by atoms with van der Waals surface area (Å²) in [5, 5.41) is 12.1. The topological polar surface area (TPSA) is 71.2 Å². The summed E-state index contributed by atoms with van der Waals surface area (Å²) in [5.41, 5.74) is 8.44. The van der Waals surface area contributed by atoms with Crippen molar-refractivity contribution in [2.75, 3.05) is 11.1 Å². The van der Waals surface area contributed by atoms with Gasteiger partial charge in [-0.25, -0.2) is 4.98 Å². The molecule has 88 valence electrons. The van der Waals surface area contributed by atoms with Gasteiger partial charge in [0.1, 0.15) is 5.82 Å². The lowest BCUT2D eigenvalue weighted by molar-refractivity contribution is 0.282. The molecule has 4 heteroatoms. The molecule has 0 aliphatic carbocycles. The first-order chi connectivity index (χ1) is 8.29. The molecule has 0 fully saturated rings. The first-order valence-corrected chi connectivity index (χ1v) is 5.42.